The number of halogens is 2. The minimum absolute atomic E-state index is 0.0577. The van der Waals surface area contributed by atoms with Crippen LogP contribution in [0.2, 0.25) is 5.02 Å². The molecule has 0 saturated heterocycles. The number of benzene rings is 1. The fourth-order valence-electron chi connectivity index (χ4n) is 1.61. The molecule has 0 aliphatic rings. The first-order valence-electron chi connectivity index (χ1n) is 6.10. The Morgan fingerprint density at radius 2 is 2.25 bits per heavy atom. The Morgan fingerprint density at radius 1 is 1.50 bits per heavy atom. The lowest BCUT2D eigenvalue weighted by Crippen LogP contribution is -2.39. The third-order valence-corrected chi connectivity index (χ3v) is 2.94. The van der Waals surface area contributed by atoms with Crippen molar-refractivity contribution in [3.05, 3.63) is 34.9 Å². The van der Waals surface area contributed by atoms with Gasteiger partial charge in [-0.1, -0.05) is 16.8 Å². The average Bonchev–Trinajstić information content (AvgIpc) is 2.86. The van der Waals surface area contributed by atoms with Gasteiger partial charge in [-0.25, -0.2) is 4.39 Å². The van der Waals surface area contributed by atoms with Crippen LogP contribution in [0.5, 0.6) is 0 Å². The smallest absolute Gasteiger partial charge is 0.260 e. The van der Waals surface area contributed by atoms with E-state index in [2.05, 4.69) is 10.1 Å². The van der Waals surface area contributed by atoms with Crippen LogP contribution in [0.1, 0.15) is 19.7 Å². The highest BCUT2D eigenvalue weighted by Gasteiger charge is 2.28. The van der Waals surface area contributed by atoms with Crippen molar-refractivity contribution in [3.8, 4) is 11.5 Å². The Morgan fingerprint density at radius 3 is 2.90 bits per heavy atom. The molecule has 1 aromatic heterocycles. The van der Waals surface area contributed by atoms with E-state index in [1.807, 2.05) is 6.92 Å². The van der Waals surface area contributed by atoms with Crippen LogP contribution in [0.15, 0.2) is 22.7 Å². The van der Waals surface area contributed by atoms with Gasteiger partial charge in [0.05, 0.1) is 12.2 Å². The van der Waals surface area contributed by atoms with Crippen LogP contribution in [0.25, 0.3) is 11.5 Å². The summed E-state index contributed by atoms with van der Waals surface area (Å²) in [6.07, 6.45) is 0. The lowest BCUT2D eigenvalue weighted by Gasteiger charge is -2.19. The molecule has 108 valence electrons. The predicted molar refractivity (Wildman–Crippen MR) is 72.7 cm³/mol. The molecule has 0 fully saturated rings. The summed E-state index contributed by atoms with van der Waals surface area (Å²) in [6.45, 7) is 4.35. The summed E-state index contributed by atoms with van der Waals surface area (Å²) in [5.74, 6) is -0.214. The molecular weight excluding hydrogens is 285 g/mol. The number of aromatic nitrogens is 2. The predicted octanol–water partition coefficient (Wildman–Crippen LogP) is 2.74. The highest BCUT2D eigenvalue weighted by molar-refractivity contribution is 6.30. The van der Waals surface area contributed by atoms with Crippen molar-refractivity contribution in [1.82, 2.24) is 10.1 Å². The van der Waals surface area contributed by atoms with Crippen molar-refractivity contribution in [2.45, 2.75) is 19.4 Å². The number of nitrogens with zero attached hydrogens (tertiary/aromatic N) is 2. The molecule has 7 heteroatoms. The molecule has 5 nitrogen and oxygen atoms in total. The molecule has 0 saturated carbocycles. The van der Waals surface area contributed by atoms with Crippen LogP contribution in [-0.4, -0.2) is 23.4 Å². The lowest BCUT2D eigenvalue weighted by atomic mass is 10.1. The van der Waals surface area contributed by atoms with Crippen LogP contribution in [0.4, 0.5) is 4.39 Å². The summed E-state index contributed by atoms with van der Waals surface area (Å²) in [5.41, 5.74) is 5.33. The van der Waals surface area contributed by atoms with E-state index >= 15 is 0 Å². The van der Waals surface area contributed by atoms with Gasteiger partial charge < -0.3 is 15.0 Å². The normalized spacial score (nSPS) is 14.2. The molecule has 0 aliphatic carbocycles. The van der Waals surface area contributed by atoms with E-state index < -0.39 is 11.4 Å². The number of nitrogens with two attached hydrogens (primary N) is 1. The van der Waals surface area contributed by atoms with Crippen LogP contribution in [0.3, 0.4) is 0 Å². The Bertz CT molecular complexity index is 601. The van der Waals surface area contributed by atoms with E-state index in [1.54, 1.807) is 13.0 Å². The quantitative estimate of drug-likeness (QED) is 0.919. The molecular formula is C13H15ClFN3O2. The van der Waals surface area contributed by atoms with Crippen molar-refractivity contribution in [1.29, 1.82) is 0 Å². The molecule has 20 heavy (non-hydrogen) atoms. The molecule has 2 aromatic rings. The van der Waals surface area contributed by atoms with E-state index in [0.29, 0.717) is 11.6 Å². The largest absolute Gasteiger partial charge is 0.379 e. The Labute approximate surface area is 120 Å². The second-order valence-corrected chi connectivity index (χ2v) is 5.04. The summed E-state index contributed by atoms with van der Waals surface area (Å²) < 4.78 is 24.1. The summed E-state index contributed by atoms with van der Waals surface area (Å²) >= 11 is 5.70. The summed E-state index contributed by atoms with van der Waals surface area (Å²) in [4.78, 5) is 4.13. The van der Waals surface area contributed by atoms with E-state index in [4.69, 9.17) is 26.6 Å². The van der Waals surface area contributed by atoms with Gasteiger partial charge in [-0.2, -0.15) is 4.98 Å². The lowest BCUT2D eigenvalue weighted by molar-refractivity contribution is 0.0962. The molecule has 1 aromatic carbocycles. The Balaban J connectivity index is 2.28. The molecule has 1 atom stereocenters. The van der Waals surface area contributed by atoms with Crippen LogP contribution < -0.4 is 5.73 Å². The number of rotatable bonds is 5. The van der Waals surface area contributed by atoms with E-state index in [-0.39, 0.29) is 23.9 Å². The molecule has 2 N–H and O–H groups in total. The SMILES string of the molecule is CCOCC(C)(N)c1noc(-c2ccc(Cl)cc2F)n1. The third kappa shape index (κ3) is 3.15. The van der Waals surface area contributed by atoms with Gasteiger partial charge >= 0.3 is 0 Å². The monoisotopic (exact) mass is 299 g/mol. The number of hydrogen-bond acceptors (Lipinski definition) is 5. The molecule has 0 spiro atoms. The van der Waals surface area contributed by atoms with Crippen molar-refractivity contribution in [2.24, 2.45) is 5.73 Å². The van der Waals surface area contributed by atoms with Gasteiger partial charge in [-0.05, 0) is 32.0 Å². The molecule has 0 radical (unpaired) electrons. The van der Waals surface area contributed by atoms with E-state index in [9.17, 15) is 4.39 Å². The van der Waals surface area contributed by atoms with Gasteiger partial charge in [0.2, 0.25) is 0 Å². The fourth-order valence-corrected chi connectivity index (χ4v) is 1.77. The van der Waals surface area contributed by atoms with E-state index in [1.165, 1.54) is 12.1 Å². The van der Waals surface area contributed by atoms with Crippen LogP contribution >= 0.6 is 11.6 Å². The number of ether oxygens (including phenoxy) is 1. The third-order valence-electron chi connectivity index (χ3n) is 2.70. The molecule has 0 aliphatic heterocycles. The van der Waals surface area contributed by atoms with Crippen molar-refractivity contribution in [2.75, 3.05) is 13.2 Å². The summed E-state index contributed by atoms with van der Waals surface area (Å²) in [7, 11) is 0. The molecule has 2 rings (SSSR count). The van der Waals surface area contributed by atoms with Gasteiger partial charge in [0.25, 0.3) is 5.89 Å². The summed E-state index contributed by atoms with van der Waals surface area (Å²) in [5, 5.41) is 4.09. The second-order valence-electron chi connectivity index (χ2n) is 4.60. The van der Waals surface area contributed by atoms with Crippen molar-refractivity contribution in [3.63, 3.8) is 0 Å². The van der Waals surface area contributed by atoms with E-state index in [0.717, 1.165) is 0 Å². The maximum absolute atomic E-state index is 13.8. The second kappa shape index (κ2) is 5.87. The zero-order chi connectivity index (χ0) is 14.8. The minimum Gasteiger partial charge on any atom is -0.379 e. The fraction of sp³-hybridized carbons (Fsp3) is 0.385. The highest BCUT2D eigenvalue weighted by atomic mass is 35.5. The van der Waals surface area contributed by atoms with Crippen molar-refractivity contribution >= 4 is 11.6 Å². The zero-order valence-corrected chi connectivity index (χ0v) is 11.9. The van der Waals surface area contributed by atoms with Gasteiger partial charge in [0.15, 0.2) is 5.82 Å². The average molecular weight is 300 g/mol. The first kappa shape index (κ1) is 14.9. The molecule has 1 heterocycles. The summed E-state index contributed by atoms with van der Waals surface area (Å²) in [6, 6.07) is 4.21. The molecule has 1 unspecified atom stereocenters. The first-order chi connectivity index (χ1) is 9.44. The standard InChI is InChI=1S/C13H15ClFN3O2/c1-3-19-7-13(2,16)12-17-11(20-18-12)9-5-4-8(14)6-10(9)15/h4-6H,3,7,16H2,1-2H3. The maximum Gasteiger partial charge on any atom is 0.260 e. The maximum atomic E-state index is 13.8. The highest BCUT2D eigenvalue weighted by Crippen LogP contribution is 2.25. The zero-order valence-electron chi connectivity index (χ0n) is 11.2. The van der Waals surface area contributed by atoms with Gasteiger partial charge in [0.1, 0.15) is 11.4 Å². The molecule has 0 amide bonds. The Hall–Kier alpha value is -1.50. The Kier molecular flexibility index (Phi) is 4.37. The van der Waals surface area contributed by atoms with Crippen LogP contribution in [0, 0.1) is 5.82 Å². The van der Waals surface area contributed by atoms with Gasteiger partial charge in [-0.15, -0.1) is 0 Å². The van der Waals surface area contributed by atoms with Crippen molar-refractivity contribution < 1.29 is 13.7 Å². The van der Waals surface area contributed by atoms with Crippen LogP contribution in [-0.2, 0) is 10.3 Å². The molecule has 0 bridgehead atoms. The first-order valence-corrected chi connectivity index (χ1v) is 6.48. The van der Waals surface area contributed by atoms with Gasteiger partial charge in [-0.3, -0.25) is 0 Å². The number of hydrogen-bond donors (Lipinski definition) is 1. The topological polar surface area (TPSA) is 74.2 Å². The minimum atomic E-state index is -0.902. The van der Waals surface area contributed by atoms with Gasteiger partial charge in [0, 0.05) is 11.6 Å².